The first-order chi connectivity index (χ1) is 11.6. The number of rotatable bonds is 2. The van der Waals surface area contributed by atoms with Gasteiger partial charge in [0.1, 0.15) is 0 Å². The van der Waals surface area contributed by atoms with Crippen molar-refractivity contribution in [1.82, 2.24) is 9.80 Å². The number of morpholine rings is 1. The van der Waals surface area contributed by atoms with E-state index in [1.165, 1.54) is 6.07 Å². The largest absolute Gasteiger partial charge is 0.448 e. The van der Waals surface area contributed by atoms with Gasteiger partial charge in [0, 0.05) is 37.6 Å². The quantitative estimate of drug-likeness (QED) is 0.847. The molecule has 2 saturated heterocycles. The molecule has 1 aromatic heterocycles. The Kier molecular flexibility index (Phi) is 4.02. The number of para-hydroxylation sites is 1. The Morgan fingerprint density at radius 2 is 2.04 bits per heavy atom. The smallest absolute Gasteiger partial charge is 0.289 e. The van der Waals surface area contributed by atoms with E-state index in [2.05, 4.69) is 11.8 Å². The molecular formula is C18H21FN2O3. The number of fused-ring (bicyclic) bond motifs is 1. The van der Waals surface area contributed by atoms with Gasteiger partial charge in [-0.15, -0.1) is 0 Å². The van der Waals surface area contributed by atoms with Crippen LogP contribution in [0.5, 0.6) is 0 Å². The molecular weight excluding hydrogens is 311 g/mol. The predicted octanol–water partition coefficient (Wildman–Crippen LogP) is 2.36. The third-order valence-electron chi connectivity index (χ3n) is 5.08. The van der Waals surface area contributed by atoms with Crippen LogP contribution in [0.25, 0.3) is 11.0 Å². The van der Waals surface area contributed by atoms with Gasteiger partial charge < -0.3 is 14.1 Å². The SMILES string of the molecule is C[C@@H]1CN(C(=O)c2cc3cccc(F)c3o2)C[C@H]1N1CCOCC1. The van der Waals surface area contributed by atoms with Crippen LogP contribution < -0.4 is 0 Å². The van der Waals surface area contributed by atoms with Gasteiger partial charge in [-0.1, -0.05) is 19.1 Å². The lowest BCUT2D eigenvalue weighted by Crippen LogP contribution is -2.47. The van der Waals surface area contributed by atoms with Crippen molar-refractivity contribution in [2.45, 2.75) is 13.0 Å². The Morgan fingerprint density at radius 1 is 1.25 bits per heavy atom. The number of hydrogen-bond donors (Lipinski definition) is 0. The van der Waals surface area contributed by atoms with Crippen molar-refractivity contribution in [2.75, 3.05) is 39.4 Å². The second-order valence-electron chi connectivity index (χ2n) is 6.67. The second kappa shape index (κ2) is 6.18. The van der Waals surface area contributed by atoms with Crippen LogP contribution in [0, 0.1) is 11.7 Å². The minimum Gasteiger partial charge on any atom is -0.448 e. The number of amides is 1. The van der Waals surface area contributed by atoms with Crippen molar-refractivity contribution in [3.8, 4) is 0 Å². The molecule has 0 saturated carbocycles. The van der Waals surface area contributed by atoms with Gasteiger partial charge in [-0.05, 0) is 18.1 Å². The number of furan rings is 1. The average molecular weight is 332 g/mol. The van der Waals surface area contributed by atoms with E-state index in [0.29, 0.717) is 30.4 Å². The molecule has 5 nitrogen and oxygen atoms in total. The number of carbonyl (C=O) groups is 1. The summed E-state index contributed by atoms with van der Waals surface area (Å²) in [6.45, 7) is 6.87. The summed E-state index contributed by atoms with van der Waals surface area (Å²) in [6, 6.07) is 6.69. The van der Waals surface area contributed by atoms with Crippen LogP contribution in [0.3, 0.4) is 0 Å². The number of nitrogens with zero attached hydrogens (tertiary/aromatic N) is 2. The molecule has 2 aromatic rings. The summed E-state index contributed by atoms with van der Waals surface area (Å²) in [5.74, 6) is 0.0128. The molecule has 0 bridgehead atoms. The summed E-state index contributed by atoms with van der Waals surface area (Å²) in [4.78, 5) is 17.0. The van der Waals surface area contributed by atoms with Crippen LogP contribution >= 0.6 is 0 Å². The molecule has 3 heterocycles. The van der Waals surface area contributed by atoms with Crippen LogP contribution in [0.4, 0.5) is 4.39 Å². The highest BCUT2D eigenvalue weighted by Crippen LogP contribution is 2.27. The van der Waals surface area contributed by atoms with Crippen LogP contribution in [0.15, 0.2) is 28.7 Å². The molecule has 0 N–H and O–H groups in total. The van der Waals surface area contributed by atoms with Gasteiger partial charge in [0.25, 0.3) is 5.91 Å². The number of halogens is 1. The Morgan fingerprint density at radius 3 is 2.79 bits per heavy atom. The van der Waals surface area contributed by atoms with Crippen LogP contribution in [0.1, 0.15) is 17.5 Å². The van der Waals surface area contributed by atoms with Gasteiger partial charge in [0.15, 0.2) is 17.2 Å². The minimum atomic E-state index is -0.437. The van der Waals surface area contributed by atoms with Gasteiger partial charge >= 0.3 is 0 Å². The Hall–Kier alpha value is -1.92. The highest BCUT2D eigenvalue weighted by molar-refractivity contribution is 5.96. The van der Waals surface area contributed by atoms with Crippen molar-refractivity contribution in [3.05, 3.63) is 35.8 Å². The molecule has 2 aliphatic heterocycles. The van der Waals surface area contributed by atoms with Gasteiger partial charge in [-0.2, -0.15) is 0 Å². The number of ether oxygens (including phenoxy) is 1. The molecule has 2 aliphatic rings. The van der Waals surface area contributed by atoms with E-state index in [1.54, 1.807) is 18.2 Å². The lowest BCUT2D eigenvalue weighted by atomic mass is 10.0. The minimum absolute atomic E-state index is 0.151. The molecule has 2 fully saturated rings. The van der Waals surface area contributed by atoms with E-state index in [0.717, 1.165) is 26.3 Å². The normalized spacial score (nSPS) is 25.5. The third kappa shape index (κ3) is 2.70. The van der Waals surface area contributed by atoms with Gasteiger partial charge in [0.2, 0.25) is 0 Å². The van der Waals surface area contributed by atoms with E-state index in [1.807, 2.05) is 4.90 Å². The fraction of sp³-hybridized carbons (Fsp3) is 0.500. The zero-order chi connectivity index (χ0) is 16.7. The Bertz CT molecular complexity index is 754. The maximum Gasteiger partial charge on any atom is 0.289 e. The molecule has 1 amide bonds. The molecule has 128 valence electrons. The molecule has 2 atom stereocenters. The fourth-order valence-corrected chi connectivity index (χ4v) is 3.79. The number of likely N-dealkylation sites (tertiary alicyclic amines) is 1. The van der Waals surface area contributed by atoms with Crippen molar-refractivity contribution in [3.63, 3.8) is 0 Å². The highest BCUT2D eigenvalue weighted by Gasteiger charge is 2.37. The summed E-state index contributed by atoms with van der Waals surface area (Å²) in [7, 11) is 0. The first kappa shape index (κ1) is 15.6. The van der Waals surface area contributed by atoms with E-state index in [-0.39, 0.29) is 17.3 Å². The predicted molar refractivity (Wildman–Crippen MR) is 87.4 cm³/mol. The zero-order valence-electron chi connectivity index (χ0n) is 13.7. The first-order valence-electron chi connectivity index (χ1n) is 8.42. The average Bonchev–Trinajstić information content (AvgIpc) is 3.20. The molecule has 0 unspecified atom stereocenters. The zero-order valence-corrected chi connectivity index (χ0v) is 13.7. The Labute approximate surface area is 140 Å². The van der Waals surface area contributed by atoms with Crippen LogP contribution in [-0.4, -0.2) is 61.1 Å². The van der Waals surface area contributed by atoms with Crippen LogP contribution in [0.2, 0.25) is 0 Å². The molecule has 4 rings (SSSR count). The van der Waals surface area contributed by atoms with Gasteiger partial charge in [0.05, 0.1) is 13.2 Å². The second-order valence-corrected chi connectivity index (χ2v) is 6.67. The maximum absolute atomic E-state index is 13.8. The van der Waals surface area contributed by atoms with E-state index in [4.69, 9.17) is 9.15 Å². The Balaban J connectivity index is 1.52. The molecule has 0 aliphatic carbocycles. The summed E-state index contributed by atoms with van der Waals surface area (Å²) in [6.07, 6.45) is 0. The van der Waals surface area contributed by atoms with E-state index < -0.39 is 5.82 Å². The van der Waals surface area contributed by atoms with Crippen LogP contribution in [-0.2, 0) is 4.74 Å². The van der Waals surface area contributed by atoms with E-state index >= 15 is 0 Å². The van der Waals surface area contributed by atoms with Crippen molar-refractivity contribution >= 4 is 16.9 Å². The first-order valence-corrected chi connectivity index (χ1v) is 8.42. The lowest BCUT2D eigenvalue weighted by molar-refractivity contribution is 0.0119. The molecule has 0 radical (unpaired) electrons. The summed E-state index contributed by atoms with van der Waals surface area (Å²) in [5, 5.41) is 0.621. The topological polar surface area (TPSA) is 45.9 Å². The van der Waals surface area contributed by atoms with Gasteiger partial charge in [-0.3, -0.25) is 9.69 Å². The van der Waals surface area contributed by atoms with E-state index in [9.17, 15) is 9.18 Å². The summed E-state index contributed by atoms with van der Waals surface area (Å²) < 4.78 is 24.7. The summed E-state index contributed by atoms with van der Waals surface area (Å²) >= 11 is 0. The summed E-state index contributed by atoms with van der Waals surface area (Å²) in [5.41, 5.74) is 0.151. The van der Waals surface area contributed by atoms with Crippen molar-refractivity contribution in [2.24, 2.45) is 5.92 Å². The molecule has 0 spiro atoms. The molecule has 1 aromatic carbocycles. The van der Waals surface area contributed by atoms with Crippen molar-refractivity contribution in [1.29, 1.82) is 0 Å². The highest BCUT2D eigenvalue weighted by atomic mass is 19.1. The standard InChI is InChI=1S/C18H21FN2O3/c1-12-10-21(11-15(12)20-5-7-23-8-6-20)18(22)16-9-13-3-2-4-14(19)17(13)24-16/h2-4,9,12,15H,5-8,10-11H2,1H3/t12-,15-/m1/s1. The fourth-order valence-electron chi connectivity index (χ4n) is 3.79. The van der Waals surface area contributed by atoms with Gasteiger partial charge in [-0.25, -0.2) is 4.39 Å². The lowest BCUT2D eigenvalue weighted by Gasteiger charge is -2.33. The molecule has 6 heteroatoms. The van der Waals surface area contributed by atoms with Crippen molar-refractivity contribution < 1.29 is 18.3 Å². The number of benzene rings is 1. The molecule has 24 heavy (non-hydrogen) atoms. The third-order valence-corrected chi connectivity index (χ3v) is 5.08. The monoisotopic (exact) mass is 332 g/mol. The number of carbonyl (C=O) groups excluding carboxylic acids is 1. The maximum atomic E-state index is 13.8. The number of hydrogen-bond acceptors (Lipinski definition) is 4.